The molecule has 2 aromatic rings. The first-order valence-corrected chi connectivity index (χ1v) is 9.70. The number of hydrogen-bond donors (Lipinski definition) is 2. The molecule has 0 atom stereocenters. The largest absolute Gasteiger partial charge is 0.353 e. The standard InChI is InChI=1S/C23H30N2O.ClH/c1-16(2)24-15-9-14-23(22(26)25-17(3)4)20-12-7-5-10-18(20)19-11-6-8-13-21(19)23;/h5-8,10-13,16-17,24H,9,14-15H2,1-4H3,(H,25,26);1H. The highest BCUT2D eigenvalue weighted by Crippen LogP contribution is 2.51. The van der Waals surface area contributed by atoms with Crippen molar-refractivity contribution >= 4 is 18.3 Å². The molecule has 0 bridgehead atoms. The van der Waals surface area contributed by atoms with Crippen LogP contribution in [0.3, 0.4) is 0 Å². The van der Waals surface area contributed by atoms with E-state index in [9.17, 15) is 4.79 Å². The van der Waals surface area contributed by atoms with Crippen LogP contribution in [0.5, 0.6) is 0 Å². The fourth-order valence-corrected chi connectivity index (χ4v) is 4.08. The Bertz CT molecular complexity index is 740. The molecule has 3 nitrogen and oxygen atoms in total. The molecule has 4 heteroatoms. The monoisotopic (exact) mass is 386 g/mol. The third kappa shape index (κ3) is 4.04. The smallest absolute Gasteiger partial charge is 0.235 e. The van der Waals surface area contributed by atoms with Crippen molar-refractivity contribution in [1.29, 1.82) is 0 Å². The summed E-state index contributed by atoms with van der Waals surface area (Å²) in [6.07, 6.45) is 1.76. The van der Waals surface area contributed by atoms with E-state index in [0.29, 0.717) is 6.04 Å². The predicted octanol–water partition coefficient (Wildman–Crippen LogP) is 4.68. The Labute approximate surface area is 169 Å². The summed E-state index contributed by atoms with van der Waals surface area (Å²) in [5.41, 5.74) is 4.07. The maximum Gasteiger partial charge on any atom is 0.235 e. The van der Waals surface area contributed by atoms with Crippen molar-refractivity contribution in [2.45, 2.75) is 58.0 Å². The molecule has 2 N–H and O–H groups in total. The molecule has 1 aliphatic carbocycles. The van der Waals surface area contributed by atoms with Gasteiger partial charge in [0, 0.05) is 12.1 Å². The first kappa shape index (κ1) is 21.5. The molecule has 0 aliphatic heterocycles. The SMILES string of the molecule is CC(C)NCCCC1(C(=O)NC(C)C)c2ccccc2-c2ccccc21.Cl. The summed E-state index contributed by atoms with van der Waals surface area (Å²) in [5.74, 6) is 0.120. The maximum atomic E-state index is 13.5. The molecule has 27 heavy (non-hydrogen) atoms. The highest BCUT2D eigenvalue weighted by atomic mass is 35.5. The summed E-state index contributed by atoms with van der Waals surface area (Å²) in [6.45, 7) is 9.28. The Morgan fingerprint density at radius 1 is 0.889 bits per heavy atom. The van der Waals surface area contributed by atoms with Gasteiger partial charge in [-0.3, -0.25) is 4.79 Å². The van der Waals surface area contributed by atoms with Gasteiger partial charge in [0.1, 0.15) is 5.41 Å². The van der Waals surface area contributed by atoms with Crippen molar-refractivity contribution in [2.24, 2.45) is 0 Å². The normalized spacial score (nSPS) is 13.9. The Kier molecular flexibility index (Phi) is 7.07. The maximum absolute atomic E-state index is 13.5. The van der Waals surface area contributed by atoms with Crippen LogP contribution in [0.25, 0.3) is 11.1 Å². The molecule has 1 aliphatic rings. The Morgan fingerprint density at radius 2 is 1.41 bits per heavy atom. The van der Waals surface area contributed by atoms with Crippen molar-refractivity contribution in [3.63, 3.8) is 0 Å². The first-order valence-electron chi connectivity index (χ1n) is 9.70. The second-order valence-corrected chi connectivity index (χ2v) is 7.84. The van der Waals surface area contributed by atoms with Gasteiger partial charge in [-0.1, -0.05) is 62.4 Å². The van der Waals surface area contributed by atoms with E-state index in [4.69, 9.17) is 0 Å². The van der Waals surface area contributed by atoms with Gasteiger partial charge >= 0.3 is 0 Å². The van der Waals surface area contributed by atoms with Crippen LogP contribution in [0.1, 0.15) is 51.7 Å². The molecule has 0 unspecified atom stereocenters. The summed E-state index contributed by atoms with van der Waals surface area (Å²) in [6, 6.07) is 17.3. The van der Waals surface area contributed by atoms with Gasteiger partial charge in [-0.05, 0) is 55.5 Å². The average molecular weight is 387 g/mol. The number of fused-ring (bicyclic) bond motifs is 3. The van der Waals surface area contributed by atoms with E-state index >= 15 is 0 Å². The van der Waals surface area contributed by atoms with Gasteiger partial charge in [-0.25, -0.2) is 0 Å². The van der Waals surface area contributed by atoms with E-state index in [-0.39, 0.29) is 24.4 Å². The number of nitrogens with one attached hydrogen (secondary N) is 2. The zero-order valence-electron chi connectivity index (χ0n) is 16.7. The van der Waals surface area contributed by atoms with Crippen LogP contribution in [-0.2, 0) is 10.2 Å². The van der Waals surface area contributed by atoms with Gasteiger partial charge in [0.25, 0.3) is 0 Å². The summed E-state index contributed by atoms with van der Waals surface area (Å²) in [5, 5.41) is 6.68. The van der Waals surface area contributed by atoms with Crippen LogP contribution in [0.2, 0.25) is 0 Å². The van der Waals surface area contributed by atoms with Crippen LogP contribution in [-0.4, -0.2) is 24.5 Å². The zero-order chi connectivity index (χ0) is 18.7. The Balaban J connectivity index is 0.00000261. The van der Waals surface area contributed by atoms with Gasteiger partial charge < -0.3 is 10.6 Å². The van der Waals surface area contributed by atoms with E-state index in [0.717, 1.165) is 30.5 Å². The summed E-state index contributed by atoms with van der Waals surface area (Å²) in [4.78, 5) is 13.5. The minimum absolute atomic E-state index is 0. The predicted molar refractivity (Wildman–Crippen MR) is 116 cm³/mol. The quantitative estimate of drug-likeness (QED) is 0.678. The van der Waals surface area contributed by atoms with Crippen molar-refractivity contribution in [3.8, 4) is 11.1 Å². The number of amides is 1. The molecule has 0 saturated heterocycles. The molecular weight excluding hydrogens is 356 g/mol. The molecule has 3 rings (SSSR count). The van der Waals surface area contributed by atoms with E-state index in [1.807, 2.05) is 13.8 Å². The summed E-state index contributed by atoms with van der Waals surface area (Å²) < 4.78 is 0. The van der Waals surface area contributed by atoms with Gasteiger partial charge in [0.05, 0.1) is 0 Å². The molecule has 0 spiro atoms. The molecule has 0 radical (unpaired) electrons. The minimum Gasteiger partial charge on any atom is -0.353 e. The molecule has 0 fully saturated rings. The number of halogens is 1. The Morgan fingerprint density at radius 3 is 1.89 bits per heavy atom. The van der Waals surface area contributed by atoms with Crippen LogP contribution in [0.4, 0.5) is 0 Å². The number of rotatable bonds is 7. The van der Waals surface area contributed by atoms with Crippen molar-refractivity contribution in [3.05, 3.63) is 59.7 Å². The highest BCUT2D eigenvalue weighted by Gasteiger charge is 2.48. The molecule has 146 valence electrons. The first-order chi connectivity index (χ1) is 12.5. The second-order valence-electron chi connectivity index (χ2n) is 7.84. The number of carbonyl (C=O) groups is 1. The van der Waals surface area contributed by atoms with Gasteiger partial charge in [-0.2, -0.15) is 0 Å². The second kappa shape index (κ2) is 8.90. The molecule has 0 saturated carbocycles. The molecule has 1 amide bonds. The molecule has 0 heterocycles. The molecule has 0 aromatic heterocycles. The van der Waals surface area contributed by atoms with Crippen molar-refractivity contribution < 1.29 is 4.79 Å². The lowest BCUT2D eigenvalue weighted by Gasteiger charge is -2.32. The third-order valence-corrected chi connectivity index (χ3v) is 5.15. The van der Waals surface area contributed by atoms with Crippen LogP contribution < -0.4 is 10.6 Å². The summed E-state index contributed by atoms with van der Waals surface area (Å²) in [7, 11) is 0. The number of carbonyl (C=O) groups excluding carboxylic acids is 1. The van der Waals surface area contributed by atoms with Crippen LogP contribution in [0, 0.1) is 0 Å². The van der Waals surface area contributed by atoms with Gasteiger partial charge in [-0.15, -0.1) is 12.4 Å². The highest BCUT2D eigenvalue weighted by molar-refractivity contribution is 6.00. The van der Waals surface area contributed by atoms with Gasteiger partial charge in [0.15, 0.2) is 0 Å². The van der Waals surface area contributed by atoms with Crippen LogP contribution in [0.15, 0.2) is 48.5 Å². The van der Waals surface area contributed by atoms with E-state index in [2.05, 4.69) is 73.0 Å². The average Bonchev–Trinajstić information content (AvgIpc) is 2.90. The fourth-order valence-electron chi connectivity index (χ4n) is 4.08. The van der Waals surface area contributed by atoms with Crippen molar-refractivity contribution in [2.75, 3.05) is 6.54 Å². The zero-order valence-corrected chi connectivity index (χ0v) is 17.5. The van der Waals surface area contributed by atoms with E-state index < -0.39 is 5.41 Å². The Hall–Kier alpha value is -1.84. The third-order valence-electron chi connectivity index (χ3n) is 5.15. The minimum atomic E-state index is -0.601. The summed E-state index contributed by atoms with van der Waals surface area (Å²) >= 11 is 0. The fraction of sp³-hybridized carbons (Fsp3) is 0.435. The topological polar surface area (TPSA) is 41.1 Å². The number of hydrogen-bond acceptors (Lipinski definition) is 2. The lowest BCUT2D eigenvalue weighted by molar-refractivity contribution is -0.126. The lowest BCUT2D eigenvalue weighted by atomic mass is 9.73. The van der Waals surface area contributed by atoms with E-state index in [1.165, 1.54) is 11.1 Å². The molecular formula is C23H31ClN2O. The van der Waals surface area contributed by atoms with Crippen LogP contribution >= 0.6 is 12.4 Å². The van der Waals surface area contributed by atoms with Gasteiger partial charge in [0.2, 0.25) is 5.91 Å². The van der Waals surface area contributed by atoms with E-state index in [1.54, 1.807) is 0 Å². The van der Waals surface area contributed by atoms with Crippen molar-refractivity contribution in [1.82, 2.24) is 10.6 Å². The lowest BCUT2D eigenvalue weighted by Crippen LogP contribution is -2.47. The number of benzene rings is 2. The molecule has 2 aromatic carbocycles.